The molecule has 0 amide bonds. The fourth-order valence-corrected chi connectivity index (χ4v) is 9.55. The maximum atomic E-state index is 4.43. The summed E-state index contributed by atoms with van der Waals surface area (Å²) in [6, 6.07) is 13.1. The molecule has 0 spiro atoms. The van der Waals surface area contributed by atoms with Crippen LogP contribution in [0.25, 0.3) is 0 Å². The molecule has 0 heterocycles. The highest BCUT2D eigenvalue weighted by atomic mass is 79.9. The molecule has 0 nitrogen and oxygen atoms in total. The van der Waals surface area contributed by atoms with Crippen molar-refractivity contribution >= 4 is 67.1 Å². The minimum absolute atomic E-state index is 0.993. The van der Waals surface area contributed by atoms with E-state index in [1.807, 2.05) is 0 Å². The number of halogens is 1. The van der Waals surface area contributed by atoms with Gasteiger partial charge in [0.15, 0.2) is 0 Å². The summed E-state index contributed by atoms with van der Waals surface area (Å²) in [5.74, 6) is 2.98. The molecule has 1 aromatic rings. The first kappa shape index (κ1) is 19.0. The standard InChI is InChI=1S/C15H25BrS3Si/c16-14-4-6-15(7-5-14)20(11-1-8-17,12-2-9-18)13-3-10-19/h4-7,17-19H,1-3,8-13H2. The zero-order chi connectivity index (χ0) is 14.8. The normalized spacial score (nSPS) is 11.8. The first-order chi connectivity index (χ1) is 9.68. The zero-order valence-electron chi connectivity index (χ0n) is 11.9. The second kappa shape index (κ2) is 10.7. The maximum Gasteiger partial charge on any atom is 0.0868 e. The van der Waals surface area contributed by atoms with Crippen LogP contribution in [0.1, 0.15) is 19.3 Å². The van der Waals surface area contributed by atoms with Crippen molar-refractivity contribution in [3.8, 4) is 0 Å². The molecule has 5 heteroatoms. The number of hydrogen-bond donors (Lipinski definition) is 3. The van der Waals surface area contributed by atoms with Crippen LogP contribution in [0.15, 0.2) is 28.7 Å². The van der Waals surface area contributed by atoms with Crippen LogP contribution in [-0.2, 0) is 0 Å². The van der Waals surface area contributed by atoms with E-state index in [4.69, 9.17) is 0 Å². The third-order valence-corrected chi connectivity index (χ3v) is 10.9. The van der Waals surface area contributed by atoms with E-state index in [0.717, 1.165) is 17.3 Å². The van der Waals surface area contributed by atoms with E-state index in [2.05, 4.69) is 78.1 Å². The third kappa shape index (κ3) is 5.99. The maximum absolute atomic E-state index is 4.43. The summed E-state index contributed by atoms with van der Waals surface area (Å²) in [6.07, 6.45) is 3.68. The number of benzene rings is 1. The molecule has 0 radical (unpaired) electrons. The summed E-state index contributed by atoms with van der Waals surface area (Å²) in [4.78, 5) is 0. The first-order valence-electron chi connectivity index (χ1n) is 7.27. The van der Waals surface area contributed by atoms with E-state index < -0.39 is 8.07 Å². The Hall–Kier alpha value is 0.967. The monoisotopic (exact) mass is 408 g/mol. The number of hydrogen-bond acceptors (Lipinski definition) is 3. The lowest BCUT2D eigenvalue weighted by molar-refractivity contribution is 0.953. The van der Waals surface area contributed by atoms with Crippen molar-refractivity contribution in [3.63, 3.8) is 0 Å². The van der Waals surface area contributed by atoms with Crippen LogP contribution in [0.5, 0.6) is 0 Å². The van der Waals surface area contributed by atoms with Crippen LogP contribution >= 0.6 is 53.8 Å². The van der Waals surface area contributed by atoms with Crippen LogP contribution < -0.4 is 5.19 Å². The lowest BCUT2D eigenvalue weighted by Crippen LogP contribution is -2.47. The van der Waals surface area contributed by atoms with Crippen molar-refractivity contribution in [2.75, 3.05) is 17.3 Å². The molecule has 0 saturated carbocycles. The molecule has 1 aromatic carbocycles. The number of rotatable bonds is 10. The molecule has 0 saturated heterocycles. The SMILES string of the molecule is SCCC[Si](CCCS)(CCCS)c1ccc(Br)cc1. The minimum atomic E-state index is -1.42. The Kier molecular flexibility index (Phi) is 10.1. The van der Waals surface area contributed by atoms with Gasteiger partial charge in [-0.1, -0.05) is 51.4 Å². The van der Waals surface area contributed by atoms with Gasteiger partial charge < -0.3 is 0 Å². The molecule has 0 unspecified atom stereocenters. The van der Waals surface area contributed by atoms with Crippen molar-refractivity contribution < 1.29 is 0 Å². The predicted molar refractivity (Wildman–Crippen MR) is 109 cm³/mol. The molecule has 0 N–H and O–H groups in total. The van der Waals surface area contributed by atoms with E-state index >= 15 is 0 Å². The Morgan fingerprint density at radius 3 is 1.50 bits per heavy atom. The summed E-state index contributed by atoms with van der Waals surface area (Å²) >= 11 is 16.8. The zero-order valence-corrected chi connectivity index (χ0v) is 17.2. The van der Waals surface area contributed by atoms with Gasteiger partial charge in [0.2, 0.25) is 0 Å². The van der Waals surface area contributed by atoms with Gasteiger partial charge >= 0.3 is 0 Å². The van der Waals surface area contributed by atoms with Gasteiger partial charge in [-0.2, -0.15) is 37.9 Å². The molecule has 0 fully saturated rings. The highest BCUT2D eigenvalue weighted by molar-refractivity contribution is 9.10. The van der Waals surface area contributed by atoms with Gasteiger partial charge in [-0.25, -0.2) is 0 Å². The van der Waals surface area contributed by atoms with Gasteiger partial charge in [0.05, 0.1) is 8.07 Å². The lowest BCUT2D eigenvalue weighted by atomic mass is 10.4. The molecule has 0 aliphatic rings. The molecular weight excluding hydrogens is 384 g/mol. The Morgan fingerprint density at radius 2 is 1.15 bits per heavy atom. The van der Waals surface area contributed by atoms with Gasteiger partial charge in [-0.05, 0) is 48.7 Å². The van der Waals surface area contributed by atoms with Gasteiger partial charge in [0.1, 0.15) is 0 Å². The van der Waals surface area contributed by atoms with E-state index in [9.17, 15) is 0 Å². The van der Waals surface area contributed by atoms with Crippen LogP contribution in [0, 0.1) is 0 Å². The average Bonchev–Trinajstić information content (AvgIpc) is 2.48. The van der Waals surface area contributed by atoms with E-state index in [-0.39, 0.29) is 0 Å². The Labute approximate surface area is 149 Å². The molecule has 1 rings (SSSR count). The van der Waals surface area contributed by atoms with Gasteiger partial charge in [-0.3, -0.25) is 0 Å². The highest BCUT2D eigenvalue weighted by Crippen LogP contribution is 2.27. The Morgan fingerprint density at radius 1 is 0.750 bits per heavy atom. The molecule has 0 aliphatic carbocycles. The van der Waals surface area contributed by atoms with Crippen LogP contribution in [-0.4, -0.2) is 25.3 Å². The third-order valence-electron chi connectivity index (χ3n) is 3.90. The second-order valence-corrected chi connectivity index (χ2v) is 12.2. The quantitative estimate of drug-likeness (QED) is 0.349. The van der Waals surface area contributed by atoms with Gasteiger partial charge in [0, 0.05) is 4.47 Å². The smallest absolute Gasteiger partial charge is 0.0868 e. The molecule has 20 heavy (non-hydrogen) atoms. The molecule has 114 valence electrons. The van der Waals surface area contributed by atoms with Crippen molar-refractivity contribution in [2.45, 2.75) is 37.4 Å². The summed E-state index contributed by atoms with van der Waals surface area (Å²) in [5, 5.41) is 1.60. The lowest BCUT2D eigenvalue weighted by Gasteiger charge is -2.33. The average molecular weight is 410 g/mol. The summed E-state index contributed by atoms with van der Waals surface area (Å²) in [6.45, 7) is 0. The van der Waals surface area contributed by atoms with Crippen molar-refractivity contribution in [1.29, 1.82) is 0 Å². The summed E-state index contributed by atoms with van der Waals surface area (Å²) in [5.41, 5.74) is 0. The Bertz CT molecular complexity index is 348. The molecular formula is C15H25BrS3Si. The molecule has 0 bridgehead atoms. The largest absolute Gasteiger partial charge is 0.179 e. The van der Waals surface area contributed by atoms with E-state index in [0.29, 0.717) is 0 Å². The van der Waals surface area contributed by atoms with Crippen LogP contribution in [0.3, 0.4) is 0 Å². The van der Waals surface area contributed by atoms with E-state index in [1.54, 1.807) is 5.19 Å². The number of thiol groups is 3. The predicted octanol–water partition coefficient (Wildman–Crippen LogP) is 5.06. The van der Waals surface area contributed by atoms with Crippen LogP contribution in [0.4, 0.5) is 0 Å². The molecule has 0 aromatic heterocycles. The fraction of sp³-hybridized carbons (Fsp3) is 0.600. The summed E-state index contributed by atoms with van der Waals surface area (Å²) < 4.78 is 1.17. The second-order valence-electron chi connectivity index (χ2n) is 5.27. The van der Waals surface area contributed by atoms with Crippen molar-refractivity contribution in [3.05, 3.63) is 28.7 Å². The molecule has 0 atom stereocenters. The van der Waals surface area contributed by atoms with E-state index in [1.165, 1.54) is 41.9 Å². The molecule has 0 aliphatic heterocycles. The Balaban J connectivity index is 3.00. The van der Waals surface area contributed by atoms with Crippen molar-refractivity contribution in [1.82, 2.24) is 0 Å². The minimum Gasteiger partial charge on any atom is -0.179 e. The van der Waals surface area contributed by atoms with Crippen molar-refractivity contribution in [2.24, 2.45) is 0 Å². The summed E-state index contributed by atoms with van der Waals surface area (Å²) in [7, 11) is -1.42. The highest BCUT2D eigenvalue weighted by Gasteiger charge is 2.33. The topological polar surface area (TPSA) is 0 Å². The van der Waals surface area contributed by atoms with Crippen LogP contribution in [0.2, 0.25) is 18.1 Å². The first-order valence-corrected chi connectivity index (χ1v) is 12.6. The van der Waals surface area contributed by atoms with Gasteiger partial charge in [-0.15, -0.1) is 0 Å². The van der Waals surface area contributed by atoms with Gasteiger partial charge in [0.25, 0.3) is 0 Å². The fourth-order valence-electron chi connectivity index (χ4n) is 2.86.